The number of likely N-dealkylation sites (N-methyl/N-ethyl adjacent to an activating group) is 1. The molecule has 2 nitrogen and oxygen atoms in total. The van der Waals surface area contributed by atoms with Crippen molar-refractivity contribution in [3.63, 3.8) is 0 Å². The molecule has 3 heteroatoms. The number of nitrogens with zero attached hydrogens (tertiary/aromatic N) is 1. The van der Waals surface area contributed by atoms with E-state index in [9.17, 15) is 0 Å². The number of morpholine rings is 1. The highest BCUT2D eigenvalue weighted by Gasteiger charge is 2.20. The maximum absolute atomic E-state index is 6.23. The zero-order valence-electron chi connectivity index (χ0n) is 10.8. The molecule has 17 heavy (non-hydrogen) atoms. The minimum atomic E-state index is 0.473. The summed E-state index contributed by atoms with van der Waals surface area (Å²) in [6, 6.07) is 4.74. The summed E-state index contributed by atoms with van der Waals surface area (Å²) < 4.78 is 5.55. The molecule has 1 aliphatic heterocycles. The van der Waals surface area contributed by atoms with E-state index < -0.39 is 0 Å². The lowest BCUT2D eigenvalue weighted by Crippen LogP contribution is -2.44. The second-order valence-electron chi connectivity index (χ2n) is 4.94. The van der Waals surface area contributed by atoms with Gasteiger partial charge in [-0.05, 0) is 50.1 Å². The molecule has 0 aliphatic carbocycles. The van der Waals surface area contributed by atoms with E-state index in [1.807, 2.05) is 6.07 Å². The molecule has 1 saturated heterocycles. The first-order valence-electron chi connectivity index (χ1n) is 6.11. The lowest BCUT2D eigenvalue weighted by molar-refractivity contribution is 0.00619. The molecule has 1 unspecified atom stereocenters. The van der Waals surface area contributed by atoms with Crippen molar-refractivity contribution >= 4 is 11.6 Å². The Bertz CT molecular complexity index is 405. The molecule has 2 rings (SSSR count). The normalized spacial score (nSPS) is 21.8. The van der Waals surface area contributed by atoms with Crippen LogP contribution in [0.25, 0.3) is 0 Å². The summed E-state index contributed by atoms with van der Waals surface area (Å²) in [6.07, 6.45) is 1.02. The van der Waals surface area contributed by atoms with Crippen LogP contribution in [0.4, 0.5) is 0 Å². The Kier molecular flexibility index (Phi) is 4.08. The molecule has 1 aromatic carbocycles. The van der Waals surface area contributed by atoms with E-state index in [4.69, 9.17) is 16.3 Å². The van der Waals surface area contributed by atoms with E-state index in [0.717, 1.165) is 31.2 Å². The highest BCUT2D eigenvalue weighted by molar-refractivity contribution is 6.31. The Hall–Kier alpha value is -0.570. The Balaban J connectivity index is 2.17. The average molecular weight is 254 g/mol. The van der Waals surface area contributed by atoms with Gasteiger partial charge in [-0.2, -0.15) is 0 Å². The minimum Gasteiger partial charge on any atom is -0.378 e. The van der Waals surface area contributed by atoms with Gasteiger partial charge in [0.15, 0.2) is 0 Å². The number of rotatable bonds is 2. The Labute approximate surface area is 109 Å². The van der Waals surface area contributed by atoms with Crippen LogP contribution in [0.5, 0.6) is 0 Å². The summed E-state index contributed by atoms with van der Waals surface area (Å²) >= 11 is 6.23. The van der Waals surface area contributed by atoms with Gasteiger partial charge in [0.1, 0.15) is 0 Å². The molecule has 1 aromatic rings. The number of hydrogen-bond donors (Lipinski definition) is 0. The first-order valence-corrected chi connectivity index (χ1v) is 6.49. The van der Waals surface area contributed by atoms with Crippen molar-refractivity contribution in [3.8, 4) is 0 Å². The van der Waals surface area contributed by atoms with Gasteiger partial charge >= 0.3 is 0 Å². The standard InChI is InChI=1S/C14H20ClNO/c1-10-6-12(11(2)14(15)7-10)8-13-9-17-5-4-16(13)3/h6-7,13H,4-5,8-9H2,1-3H3. The molecule has 1 heterocycles. The van der Waals surface area contributed by atoms with E-state index in [2.05, 4.69) is 31.9 Å². The zero-order valence-corrected chi connectivity index (χ0v) is 11.5. The smallest absolute Gasteiger partial charge is 0.0625 e. The molecule has 0 bridgehead atoms. The maximum atomic E-state index is 6.23. The van der Waals surface area contributed by atoms with Gasteiger partial charge in [0.25, 0.3) is 0 Å². The topological polar surface area (TPSA) is 12.5 Å². The van der Waals surface area contributed by atoms with Crippen molar-refractivity contribution in [1.82, 2.24) is 4.90 Å². The fraction of sp³-hybridized carbons (Fsp3) is 0.571. The molecule has 0 N–H and O–H groups in total. The molecular formula is C14H20ClNO. The van der Waals surface area contributed by atoms with Gasteiger partial charge in [-0.15, -0.1) is 0 Å². The average Bonchev–Trinajstić information content (AvgIpc) is 2.28. The monoisotopic (exact) mass is 253 g/mol. The van der Waals surface area contributed by atoms with E-state index in [1.54, 1.807) is 0 Å². The quantitative estimate of drug-likeness (QED) is 0.804. The van der Waals surface area contributed by atoms with Crippen LogP contribution < -0.4 is 0 Å². The van der Waals surface area contributed by atoms with Crippen LogP contribution in [0.3, 0.4) is 0 Å². The predicted molar refractivity (Wildman–Crippen MR) is 71.9 cm³/mol. The van der Waals surface area contributed by atoms with Crippen LogP contribution in [-0.4, -0.2) is 37.7 Å². The summed E-state index contributed by atoms with van der Waals surface area (Å²) in [4.78, 5) is 2.37. The van der Waals surface area contributed by atoms with Gasteiger partial charge < -0.3 is 4.74 Å². The number of halogens is 1. The molecule has 1 fully saturated rings. The lowest BCUT2D eigenvalue weighted by Gasteiger charge is -2.33. The predicted octanol–water partition coefficient (Wildman–Crippen LogP) is 2.83. The SMILES string of the molecule is Cc1cc(Cl)c(C)c(CC2COCCN2C)c1. The van der Waals surface area contributed by atoms with Gasteiger partial charge in [-0.1, -0.05) is 17.7 Å². The first kappa shape index (κ1) is 12.9. The second-order valence-corrected chi connectivity index (χ2v) is 5.35. The largest absolute Gasteiger partial charge is 0.378 e. The highest BCUT2D eigenvalue weighted by atomic mass is 35.5. The van der Waals surface area contributed by atoms with E-state index in [1.165, 1.54) is 16.7 Å². The van der Waals surface area contributed by atoms with Crippen LogP contribution in [0.15, 0.2) is 12.1 Å². The summed E-state index contributed by atoms with van der Waals surface area (Å²) in [5, 5.41) is 0.874. The number of hydrogen-bond acceptors (Lipinski definition) is 2. The lowest BCUT2D eigenvalue weighted by atomic mass is 9.98. The van der Waals surface area contributed by atoms with E-state index in [-0.39, 0.29) is 0 Å². The first-order chi connectivity index (χ1) is 8.08. The van der Waals surface area contributed by atoms with Crippen molar-refractivity contribution in [3.05, 3.63) is 33.8 Å². The van der Waals surface area contributed by atoms with Crippen LogP contribution in [0.2, 0.25) is 5.02 Å². The fourth-order valence-corrected chi connectivity index (χ4v) is 2.60. The Morgan fingerprint density at radius 2 is 2.18 bits per heavy atom. The third-order valence-corrected chi connectivity index (χ3v) is 3.97. The summed E-state index contributed by atoms with van der Waals surface area (Å²) in [6.45, 7) is 6.88. The summed E-state index contributed by atoms with van der Waals surface area (Å²) in [5.41, 5.74) is 3.78. The van der Waals surface area contributed by atoms with E-state index in [0.29, 0.717) is 6.04 Å². The third-order valence-electron chi connectivity index (χ3n) is 3.57. The second kappa shape index (κ2) is 5.38. The maximum Gasteiger partial charge on any atom is 0.0625 e. The minimum absolute atomic E-state index is 0.473. The van der Waals surface area contributed by atoms with Crippen molar-refractivity contribution in [2.45, 2.75) is 26.3 Å². The van der Waals surface area contributed by atoms with Crippen LogP contribution in [0, 0.1) is 13.8 Å². The van der Waals surface area contributed by atoms with Gasteiger partial charge in [-0.3, -0.25) is 4.90 Å². The van der Waals surface area contributed by atoms with Gasteiger partial charge in [0.2, 0.25) is 0 Å². The van der Waals surface area contributed by atoms with Gasteiger partial charge in [0.05, 0.1) is 13.2 Å². The van der Waals surface area contributed by atoms with Crippen molar-refractivity contribution in [1.29, 1.82) is 0 Å². The van der Waals surface area contributed by atoms with Crippen LogP contribution in [0.1, 0.15) is 16.7 Å². The highest BCUT2D eigenvalue weighted by Crippen LogP contribution is 2.23. The molecule has 0 aromatic heterocycles. The van der Waals surface area contributed by atoms with Crippen LogP contribution in [-0.2, 0) is 11.2 Å². The van der Waals surface area contributed by atoms with Gasteiger partial charge in [-0.25, -0.2) is 0 Å². The third kappa shape index (κ3) is 3.01. The van der Waals surface area contributed by atoms with Gasteiger partial charge in [0, 0.05) is 17.6 Å². The number of benzene rings is 1. The molecule has 0 spiro atoms. The Morgan fingerprint density at radius 3 is 2.88 bits per heavy atom. The van der Waals surface area contributed by atoms with Crippen molar-refractivity contribution < 1.29 is 4.74 Å². The van der Waals surface area contributed by atoms with Crippen molar-refractivity contribution in [2.24, 2.45) is 0 Å². The van der Waals surface area contributed by atoms with Crippen LogP contribution >= 0.6 is 11.6 Å². The number of ether oxygens (including phenoxy) is 1. The Morgan fingerprint density at radius 1 is 1.41 bits per heavy atom. The molecule has 0 radical (unpaired) electrons. The molecule has 0 saturated carbocycles. The molecule has 94 valence electrons. The molecule has 0 amide bonds. The summed E-state index contributed by atoms with van der Waals surface area (Å²) in [5.74, 6) is 0. The van der Waals surface area contributed by atoms with E-state index >= 15 is 0 Å². The molecule has 1 atom stereocenters. The summed E-state index contributed by atoms with van der Waals surface area (Å²) in [7, 11) is 2.17. The number of aryl methyl sites for hydroxylation is 1. The fourth-order valence-electron chi connectivity index (χ4n) is 2.30. The van der Waals surface area contributed by atoms with Crippen molar-refractivity contribution in [2.75, 3.05) is 26.8 Å². The molecule has 1 aliphatic rings. The molecular weight excluding hydrogens is 234 g/mol. The zero-order chi connectivity index (χ0) is 12.4.